The molecule has 0 spiro atoms. The Labute approximate surface area is 362 Å². The fourth-order valence-electron chi connectivity index (χ4n) is 8.78. The van der Waals surface area contributed by atoms with E-state index in [1.54, 1.807) is 0 Å². The van der Waals surface area contributed by atoms with Crippen molar-refractivity contribution in [2.24, 2.45) is 0 Å². The number of fused-ring (bicyclic) bond motifs is 2. The standard InChI is InChI=1S/C52H44N2O2P2.Pd/c55-51(49-43-29-15-13-19-37(43)33-35-47(49)57(39-21-5-1-6-22-39)40-23-7-2-8-24-40)53-45-31-17-18-32-46(45)54-52(56)50-44-30-16-14-20-38(44)34-36-48(50)58(41-25-9-3-10-26-41)42-27-11-4-12-28-42;/h1-16,19-30,33-36,45-46H,17-18,31-32H2,(H,53,55)(H,54,56);/p+2/t45-,46-;/m0./s1. The van der Waals surface area contributed by atoms with E-state index in [9.17, 15) is 0 Å². The molecular formula is C52H46N2O2P2Pd+2. The average molecular weight is 899 g/mol. The van der Waals surface area contributed by atoms with E-state index in [0.29, 0.717) is 0 Å². The normalized spacial score (nSPS) is 15.2. The maximum absolute atomic E-state index is 15.0. The second-order valence-electron chi connectivity index (χ2n) is 15.1. The first kappa shape index (κ1) is 40.5. The Morgan fingerprint density at radius 1 is 0.390 bits per heavy atom. The summed E-state index contributed by atoms with van der Waals surface area (Å²) in [6, 6.07) is 67.0. The van der Waals surface area contributed by atoms with Gasteiger partial charge in [0.05, 0.1) is 27.0 Å². The number of hydrogen-bond acceptors (Lipinski definition) is 2. The third-order valence-electron chi connectivity index (χ3n) is 11.5. The van der Waals surface area contributed by atoms with Crippen LogP contribution in [0.1, 0.15) is 46.4 Å². The number of benzene rings is 8. The Hall–Kier alpha value is -5.26. The van der Waals surface area contributed by atoms with Crippen LogP contribution in [0.4, 0.5) is 0 Å². The summed E-state index contributed by atoms with van der Waals surface area (Å²) < 4.78 is 0. The number of carbonyl (C=O) groups excluding carboxylic acids is 2. The molecule has 0 radical (unpaired) electrons. The smallest absolute Gasteiger partial charge is 0.256 e. The molecule has 8 aromatic rings. The van der Waals surface area contributed by atoms with Gasteiger partial charge >= 0.3 is 0 Å². The van der Waals surface area contributed by atoms with E-state index in [0.717, 1.165) is 69.0 Å². The molecule has 0 saturated heterocycles. The molecule has 0 heterocycles. The molecule has 0 aromatic heterocycles. The summed E-state index contributed by atoms with van der Waals surface area (Å²) in [6.07, 6.45) is 3.55. The van der Waals surface area contributed by atoms with Crippen molar-refractivity contribution >= 4 is 81.0 Å². The van der Waals surface area contributed by atoms with E-state index in [-0.39, 0.29) is 44.3 Å². The zero-order chi connectivity index (χ0) is 39.3. The van der Waals surface area contributed by atoms with Crippen molar-refractivity contribution in [3.63, 3.8) is 0 Å². The minimum Gasteiger partial charge on any atom is -0.347 e. The Morgan fingerprint density at radius 3 is 1.03 bits per heavy atom. The summed E-state index contributed by atoms with van der Waals surface area (Å²) in [5, 5.41) is 18.0. The molecule has 294 valence electrons. The number of hydrogen-bond donors (Lipinski definition) is 2. The molecular weight excluding hydrogens is 853 g/mol. The predicted molar refractivity (Wildman–Crippen MR) is 249 cm³/mol. The summed E-state index contributed by atoms with van der Waals surface area (Å²) in [5.74, 6) is -0.173. The summed E-state index contributed by atoms with van der Waals surface area (Å²) >= 11 is 0. The molecule has 2 amide bonds. The summed E-state index contributed by atoms with van der Waals surface area (Å²) in [5.41, 5.74) is 1.45. The first-order valence-corrected chi connectivity index (χ1v) is 23.3. The van der Waals surface area contributed by atoms with Crippen LogP contribution in [0.3, 0.4) is 0 Å². The second kappa shape index (κ2) is 18.8. The van der Waals surface area contributed by atoms with Crippen molar-refractivity contribution in [3.8, 4) is 0 Å². The van der Waals surface area contributed by atoms with Crippen LogP contribution in [-0.4, -0.2) is 23.9 Å². The SMILES string of the molecule is O=C(N[C@H]1CCCC[C@@H]1NC(=O)c1c([PH+](c2ccccc2)c2ccccc2)ccc2ccccc12)c1c([PH+](c2ccccc2)c2ccccc2)ccc2ccccc12.[Pd]. The van der Waals surface area contributed by atoms with Gasteiger partial charge in [-0.15, -0.1) is 0 Å². The minimum atomic E-state index is -1.56. The van der Waals surface area contributed by atoms with Gasteiger partial charge in [0, 0.05) is 32.5 Å². The van der Waals surface area contributed by atoms with Gasteiger partial charge in [-0.05, 0) is 95.1 Å². The van der Waals surface area contributed by atoms with Gasteiger partial charge in [-0.3, -0.25) is 9.59 Å². The van der Waals surface area contributed by atoms with Gasteiger partial charge in [0.25, 0.3) is 11.8 Å². The topological polar surface area (TPSA) is 58.2 Å². The zero-order valence-corrected chi connectivity index (χ0v) is 36.1. The molecule has 1 fully saturated rings. The Balaban J connectivity index is 0.00000484. The molecule has 0 bridgehead atoms. The molecule has 9 rings (SSSR count). The van der Waals surface area contributed by atoms with E-state index in [1.807, 2.05) is 48.5 Å². The summed E-state index contributed by atoms with van der Waals surface area (Å²) in [4.78, 5) is 30.1. The van der Waals surface area contributed by atoms with Crippen molar-refractivity contribution in [1.82, 2.24) is 10.6 Å². The van der Waals surface area contributed by atoms with E-state index >= 15 is 9.59 Å². The van der Waals surface area contributed by atoms with Gasteiger partial charge in [0.15, 0.2) is 0 Å². The van der Waals surface area contributed by atoms with Crippen LogP contribution in [0.25, 0.3) is 21.5 Å². The number of carbonyl (C=O) groups is 2. The molecule has 4 nitrogen and oxygen atoms in total. The van der Waals surface area contributed by atoms with Crippen LogP contribution in [0.15, 0.2) is 194 Å². The van der Waals surface area contributed by atoms with Gasteiger partial charge in [-0.1, -0.05) is 146 Å². The molecule has 59 heavy (non-hydrogen) atoms. The van der Waals surface area contributed by atoms with E-state index in [1.165, 1.54) is 21.2 Å². The minimum absolute atomic E-state index is 0. The molecule has 2 N–H and O–H groups in total. The molecule has 1 saturated carbocycles. The average Bonchev–Trinajstić information content (AvgIpc) is 3.28. The van der Waals surface area contributed by atoms with Gasteiger partial charge < -0.3 is 10.6 Å². The fraction of sp³-hybridized carbons (Fsp3) is 0.115. The maximum atomic E-state index is 15.0. The number of rotatable bonds is 10. The molecule has 1 aliphatic carbocycles. The van der Waals surface area contributed by atoms with Crippen molar-refractivity contribution in [1.29, 1.82) is 0 Å². The zero-order valence-electron chi connectivity index (χ0n) is 32.6. The monoisotopic (exact) mass is 898 g/mol. The molecule has 0 aliphatic heterocycles. The van der Waals surface area contributed by atoms with Gasteiger partial charge in [0.2, 0.25) is 0 Å². The van der Waals surface area contributed by atoms with Crippen molar-refractivity contribution in [2.75, 3.05) is 0 Å². The van der Waals surface area contributed by atoms with E-state index < -0.39 is 15.8 Å². The maximum Gasteiger partial charge on any atom is 0.256 e. The van der Waals surface area contributed by atoms with E-state index in [2.05, 4.69) is 156 Å². The van der Waals surface area contributed by atoms with Crippen molar-refractivity contribution in [3.05, 3.63) is 205 Å². The molecule has 0 unspecified atom stereocenters. The molecule has 8 aromatic carbocycles. The van der Waals surface area contributed by atoms with Crippen LogP contribution >= 0.6 is 15.8 Å². The Kier molecular flexibility index (Phi) is 12.9. The first-order chi connectivity index (χ1) is 28.6. The summed E-state index contributed by atoms with van der Waals surface area (Å²) in [6.45, 7) is 0. The number of nitrogens with one attached hydrogen (secondary N) is 2. The Morgan fingerprint density at radius 2 is 0.695 bits per heavy atom. The number of amides is 2. The van der Waals surface area contributed by atoms with Crippen molar-refractivity contribution in [2.45, 2.75) is 37.8 Å². The fourth-order valence-corrected chi connectivity index (χ4v) is 14.3. The summed E-state index contributed by atoms with van der Waals surface area (Å²) in [7, 11) is -3.11. The van der Waals surface area contributed by atoms with Gasteiger partial charge in [-0.25, -0.2) is 0 Å². The van der Waals surface area contributed by atoms with Gasteiger partial charge in [0.1, 0.15) is 31.8 Å². The largest absolute Gasteiger partial charge is 0.347 e. The quantitative estimate of drug-likeness (QED) is 0.107. The van der Waals surface area contributed by atoms with Gasteiger partial charge in [-0.2, -0.15) is 0 Å². The van der Waals surface area contributed by atoms with Crippen LogP contribution in [0.5, 0.6) is 0 Å². The Bertz CT molecular complexity index is 2430. The first-order valence-electron chi connectivity index (χ1n) is 20.3. The van der Waals surface area contributed by atoms with Crippen LogP contribution in [0, 0.1) is 0 Å². The molecule has 2 atom stereocenters. The third kappa shape index (κ3) is 8.59. The van der Waals surface area contributed by atoms with Crippen LogP contribution < -0.4 is 42.5 Å². The predicted octanol–water partition coefficient (Wildman–Crippen LogP) is 8.44. The molecule has 1 aliphatic rings. The third-order valence-corrected chi connectivity index (χ3v) is 17.1. The second-order valence-corrected chi connectivity index (χ2v) is 20.0. The van der Waals surface area contributed by atoms with Crippen molar-refractivity contribution < 1.29 is 30.0 Å². The van der Waals surface area contributed by atoms with Crippen LogP contribution in [0.2, 0.25) is 0 Å². The molecule has 7 heteroatoms. The van der Waals surface area contributed by atoms with E-state index in [4.69, 9.17) is 0 Å². The van der Waals surface area contributed by atoms with Crippen LogP contribution in [-0.2, 0) is 20.4 Å².